The van der Waals surface area contributed by atoms with Gasteiger partial charge in [-0.05, 0) is 77.8 Å². The van der Waals surface area contributed by atoms with Gasteiger partial charge >= 0.3 is 5.97 Å². The average molecular weight is 659 g/mol. The number of likely N-dealkylation sites (tertiary alicyclic amines) is 1. The van der Waals surface area contributed by atoms with E-state index in [4.69, 9.17) is 9.47 Å². The van der Waals surface area contributed by atoms with E-state index in [9.17, 15) is 19.1 Å². The molecule has 1 saturated heterocycles. The summed E-state index contributed by atoms with van der Waals surface area (Å²) in [5, 5.41) is 14.3. The van der Waals surface area contributed by atoms with Crippen LogP contribution in [0.3, 0.4) is 0 Å². The molecule has 1 heterocycles. The number of hydrogen-bond donors (Lipinski definition) is 2. The van der Waals surface area contributed by atoms with Crippen LogP contribution < -0.4 is 14.8 Å². The Bertz CT molecular complexity index is 1760. The molecule has 4 aromatic carbocycles. The summed E-state index contributed by atoms with van der Waals surface area (Å²) in [6, 6.07) is 18.4. The van der Waals surface area contributed by atoms with Crippen molar-refractivity contribution in [2.24, 2.45) is 0 Å². The standard InChI is InChI=1S/C39H44F2N2O5/c1-5-18-39(41)19-22-43(23-20-39)21-17-26-15-16-33(47-3)35(36(26)48-4)30-13-8-11-28-27(10-7-12-29(28)30)24-32(38(45)46)42-37(44)34-25(2)9-6-14-31(34)40/h6-16,32H,5,17-24H2,1-4H3,(H,42,44)(H,45,46)/t32-/m0/s1. The summed E-state index contributed by atoms with van der Waals surface area (Å²) < 4.78 is 41.4. The molecule has 1 fully saturated rings. The number of nitrogens with zero attached hydrogens (tertiary/aromatic N) is 1. The van der Waals surface area contributed by atoms with E-state index in [1.54, 1.807) is 27.2 Å². The number of aryl methyl sites for hydroxylation is 1. The molecule has 0 radical (unpaired) electrons. The molecule has 4 aromatic rings. The molecule has 1 atom stereocenters. The van der Waals surface area contributed by atoms with Crippen LogP contribution >= 0.6 is 0 Å². The van der Waals surface area contributed by atoms with Gasteiger partial charge in [0, 0.05) is 26.1 Å². The van der Waals surface area contributed by atoms with Crippen molar-refractivity contribution in [2.75, 3.05) is 33.9 Å². The number of carbonyl (C=O) groups is 2. The minimum Gasteiger partial charge on any atom is -0.496 e. The van der Waals surface area contributed by atoms with E-state index in [0.717, 1.165) is 53.5 Å². The lowest BCUT2D eigenvalue weighted by atomic mass is 9.89. The number of fused-ring (bicyclic) bond motifs is 1. The van der Waals surface area contributed by atoms with Gasteiger partial charge in [0.2, 0.25) is 0 Å². The lowest BCUT2D eigenvalue weighted by Gasteiger charge is -2.36. The molecular weight excluding hydrogens is 614 g/mol. The van der Waals surface area contributed by atoms with E-state index in [1.807, 2.05) is 55.5 Å². The van der Waals surface area contributed by atoms with Crippen LogP contribution in [-0.2, 0) is 17.6 Å². The molecule has 0 saturated carbocycles. The molecule has 5 rings (SSSR count). The number of halogens is 2. The van der Waals surface area contributed by atoms with Gasteiger partial charge < -0.3 is 24.8 Å². The first-order chi connectivity index (χ1) is 23.1. The van der Waals surface area contributed by atoms with Crippen molar-refractivity contribution in [1.29, 1.82) is 0 Å². The number of hydrogen-bond acceptors (Lipinski definition) is 5. The van der Waals surface area contributed by atoms with Crippen molar-refractivity contribution in [3.63, 3.8) is 0 Å². The van der Waals surface area contributed by atoms with E-state index >= 15 is 4.39 Å². The molecule has 9 heteroatoms. The van der Waals surface area contributed by atoms with Gasteiger partial charge in [-0.3, -0.25) is 4.79 Å². The quantitative estimate of drug-likeness (QED) is 0.154. The zero-order chi connectivity index (χ0) is 34.4. The Balaban J connectivity index is 1.45. The van der Waals surface area contributed by atoms with Crippen LogP contribution in [0.25, 0.3) is 21.9 Å². The number of methoxy groups -OCH3 is 2. The maximum atomic E-state index is 15.1. The summed E-state index contributed by atoms with van der Waals surface area (Å²) in [7, 11) is 3.25. The number of carboxylic acids is 1. The Hall–Kier alpha value is -4.50. The van der Waals surface area contributed by atoms with E-state index < -0.39 is 29.4 Å². The van der Waals surface area contributed by atoms with Crippen LogP contribution in [0.15, 0.2) is 66.7 Å². The highest BCUT2D eigenvalue weighted by molar-refractivity contribution is 6.02. The summed E-state index contributed by atoms with van der Waals surface area (Å²) >= 11 is 0. The van der Waals surface area contributed by atoms with Crippen LogP contribution in [0.4, 0.5) is 8.78 Å². The predicted octanol–water partition coefficient (Wildman–Crippen LogP) is 7.54. The van der Waals surface area contributed by atoms with Crippen molar-refractivity contribution < 1.29 is 33.0 Å². The largest absolute Gasteiger partial charge is 0.496 e. The predicted molar refractivity (Wildman–Crippen MR) is 184 cm³/mol. The second kappa shape index (κ2) is 15.2. The monoisotopic (exact) mass is 658 g/mol. The molecule has 0 unspecified atom stereocenters. The summed E-state index contributed by atoms with van der Waals surface area (Å²) in [4.78, 5) is 27.7. The lowest BCUT2D eigenvalue weighted by Crippen LogP contribution is -2.42. The number of piperidine rings is 1. The Kier molecular flexibility index (Phi) is 11.0. The molecule has 2 N–H and O–H groups in total. The number of benzene rings is 4. The Morgan fingerprint density at radius 1 is 0.958 bits per heavy atom. The van der Waals surface area contributed by atoms with Crippen LogP contribution in [0.2, 0.25) is 0 Å². The van der Waals surface area contributed by atoms with Gasteiger partial charge in [0.15, 0.2) is 0 Å². The number of aliphatic carboxylic acids is 1. The third-order valence-electron chi connectivity index (χ3n) is 9.53. The minimum absolute atomic E-state index is 0.0159. The first-order valence-corrected chi connectivity index (χ1v) is 16.5. The summed E-state index contributed by atoms with van der Waals surface area (Å²) in [6.45, 7) is 5.87. The van der Waals surface area contributed by atoms with Crippen molar-refractivity contribution in [3.8, 4) is 22.6 Å². The molecule has 48 heavy (non-hydrogen) atoms. The summed E-state index contributed by atoms with van der Waals surface area (Å²) in [5.41, 5.74) is 2.53. The van der Waals surface area contributed by atoms with Gasteiger partial charge in [-0.2, -0.15) is 0 Å². The second-order valence-electron chi connectivity index (χ2n) is 12.6. The Morgan fingerprint density at radius 3 is 2.33 bits per heavy atom. The second-order valence-corrected chi connectivity index (χ2v) is 12.6. The van der Waals surface area contributed by atoms with E-state index in [0.29, 0.717) is 48.3 Å². The molecule has 0 aromatic heterocycles. The third-order valence-corrected chi connectivity index (χ3v) is 9.53. The van der Waals surface area contributed by atoms with Gasteiger partial charge in [-0.25, -0.2) is 13.6 Å². The number of amides is 1. The molecular formula is C39H44F2N2O5. The fourth-order valence-electron chi connectivity index (χ4n) is 6.96. The van der Waals surface area contributed by atoms with Gasteiger partial charge in [0.05, 0.1) is 25.3 Å². The zero-order valence-electron chi connectivity index (χ0n) is 28.1. The smallest absolute Gasteiger partial charge is 0.326 e. The molecule has 1 aliphatic rings. The number of ether oxygens (including phenoxy) is 2. The maximum absolute atomic E-state index is 15.1. The fourth-order valence-corrected chi connectivity index (χ4v) is 6.96. The van der Waals surface area contributed by atoms with Gasteiger partial charge in [0.25, 0.3) is 5.91 Å². The SMILES string of the molecule is CCCC1(F)CCN(CCc2ccc(OC)c(-c3cccc4c(C[C@H](NC(=O)c5c(C)cccc5F)C(=O)O)cccc34)c2OC)CC1. The molecule has 0 spiro atoms. The first kappa shape index (κ1) is 34.8. The Labute approximate surface area is 280 Å². The van der Waals surface area contributed by atoms with E-state index in [1.165, 1.54) is 12.1 Å². The van der Waals surface area contributed by atoms with Crippen molar-refractivity contribution in [1.82, 2.24) is 10.2 Å². The van der Waals surface area contributed by atoms with Crippen LogP contribution in [0.5, 0.6) is 11.5 Å². The van der Waals surface area contributed by atoms with Crippen LogP contribution in [-0.4, -0.2) is 67.4 Å². The van der Waals surface area contributed by atoms with Crippen LogP contribution in [0.1, 0.15) is 59.7 Å². The van der Waals surface area contributed by atoms with Gasteiger partial charge in [-0.15, -0.1) is 0 Å². The molecule has 7 nitrogen and oxygen atoms in total. The van der Waals surface area contributed by atoms with Crippen molar-refractivity contribution >= 4 is 22.6 Å². The molecule has 0 aliphatic carbocycles. The normalized spacial score (nSPS) is 15.2. The summed E-state index contributed by atoms with van der Waals surface area (Å²) in [5.74, 6) is -1.39. The average Bonchev–Trinajstić information content (AvgIpc) is 3.07. The highest BCUT2D eigenvalue weighted by Gasteiger charge is 2.33. The maximum Gasteiger partial charge on any atom is 0.326 e. The first-order valence-electron chi connectivity index (χ1n) is 16.5. The number of rotatable bonds is 13. The number of carbonyl (C=O) groups excluding carboxylic acids is 1. The van der Waals surface area contributed by atoms with Crippen LogP contribution in [0, 0.1) is 12.7 Å². The number of nitrogens with one attached hydrogen (secondary N) is 1. The van der Waals surface area contributed by atoms with Gasteiger partial charge in [0.1, 0.15) is 29.0 Å². The minimum atomic E-state index is -1.29. The molecule has 254 valence electrons. The topological polar surface area (TPSA) is 88.1 Å². The highest BCUT2D eigenvalue weighted by atomic mass is 19.1. The molecule has 0 bridgehead atoms. The lowest BCUT2D eigenvalue weighted by molar-refractivity contribution is -0.139. The fraction of sp³-hybridized carbons (Fsp3) is 0.385. The summed E-state index contributed by atoms with van der Waals surface area (Å²) in [6.07, 6.45) is 3.27. The molecule has 1 amide bonds. The zero-order valence-corrected chi connectivity index (χ0v) is 28.1. The van der Waals surface area contributed by atoms with E-state index in [-0.39, 0.29) is 12.0 Å². The number of alkyl halides is 1. The number of carboxylic acid groups (broad SMARTS) is 1. The van der Waals surface area contributed by atoms with Crippen molar-refractivity contribution in [2.45, 2.75) is 64.1 Å². The highest BCUT2D eigenvalue weighted by Crippen LogP contribution is 2.44. The third kappa shape index (κ3) is 7.46. The van der Waals surface area contributed by atoms with E-state index in [2.05, 4.69) is 10.2 Å². The van der Waals surface area contributed by atoms with Crippen molar-refractivity contribution in [3.05, 3.63) is 94.8 Å². The Morgan fingerprint density at radius 2 is 1.67 bits per heavy atom. The van der Waals surface area contributed by atoms with Gasteiger partial charge in [-0.1, -0.05) is 67.9 Å². The molecule has 1 aliphatic heterocycles.